The Kier molecular flexibility index (Phi) is 6.70. The van der Waals surface area contributed by atoms with Gasteiger partial charge < -0.3 is 10.2 Å². The van der Waals surface area contributed by atoms with E-state index >= 15 is 0 Å². The van der Waals surface area contributed by atoms with E-state index in [-0.39, 0.29) is 23.4 Å². The number of halogens is 1. The molecule has 2 heterocycles. The standard InChI is InChI=1S/C26H27FN2O2S/c1-3-21-22(25(31)28-26-17(2)13-16-32-26)5-4-6-23(21)29-14-11-19(12-15-29)24(30)18-7-9-20(27)10-8-18/h4-10,13,16,19H,3,11-12,14-15H2,1-2H3,(H,28,31). The lowest BCUT2D eigenvalue weighted by Crippen LogP contribution is -2.37. The lowest BCUT2D eigenvalue weighted by Gasteiger charge is -2.34. The Morgan fingerprint density at radius 3 is 2.44 bits per heavy atom. The fraction of sp³-hybridized carbons (Fsp3) is 0.308. The number of nitrogens with one attached hydrogen (secondary N) is 1. The summed E-state index contributed by atoms with van der Waals surface area (Å²) in [5.74, 6) is -0.396. The molecule has 1 aliphatic heterocycles. The number of carbonyl (C=O) groups is 2. The number of aryl methyl sites for hydroxylation is 1. The van der Waals surface area contributed by atoms with Gasteiger partial charge in [-0.25, -0.2) is 4.39 Å². The third kappa shape index (κ3) is 4.60. The molecule has 0 radical (unpaired) electrons. The normalized spacial score (nSPS) is 14.4. The van der Waals surface area contributed by atoms with Crippen molar-refractivity contribution in [3.05, 3.63) is 82.0 Å². The van der Waals surface area contributed by atoms with Crippen LogP contribution in [0.15, 0.2) is 53.9 Å². The van der Waals surface area contributed by atoms with Gasteiger partial charge in [0.25, 0.3) is 5.91 Å². The third-order valence-corrected chi connectivity index (χ3v) is 7.11. The largest absolute Gasteiger partial charge is 0.371 e. The molecule has 1 amide bonds. The first kappa shape index (κ1) is 22.2. The lowest BCUT2D eigenvalue weighted by atomic mass is 9.88. The number of carbonyl (C=O) groups excluding carboxylic acids is 2. The Labute approximate surface area is 192 Å². The number of benzene rings is 2. The number of anilines is 2. The molecule has 3 aromatic rings. The zero-order valence-electron chi connectivity index (χ0n) is 18.4. The van der Waals surface area contributed by atoms with Crippen LogP contribution < -0.4 is 10.2 Å². The number of hydrogen-bond acceptors (Lipinski definition) is 4. The van der Waals surface area contributed by atoms with E-state index in [4.69, 9.17) is 0 Å². The fourth-order valence-corrected chi connectivity index (χ4v) is 5.17. The first-order valence-electron chi connectivity index (χ1n) is 11.0. The van der Waals surface area contributed by atoms with Crippen LogP contribution in [0.5, 0.6) is 0 Å². The summed E-state index contributed by atoms with van der Waals surface area (Å²) in [7, 11) is 0. The molecular formula is C26H27FN2O2S. The Morgan fingerprint density at radius 2 is 1.81 bits per heavy atom. The molecule has 2 aromatic carbocycles. The minimum absolute atomic E-state index is 0.0601. The van der Waals surface area contributed by atoms with Crippen molar-refractivity contribution in [2.45, 2.75) is 33.1 Å². The average molecular weight is 451 g/mol. The lowest BCUT2D eigenvalue weighted by molar-refractivity contribution is 0.0900. The van der Waals surface area contributed by atoms with Gasteiger partial charge in [0.15, 0.2) is 5.78 Å². The number of thiophene rings is 1. The number of hydrogen-bond donors (Lipinski definition) is 1. The minimum atomic E-state index is -0.332. The van der Waals surface area contributed by atoms with Crippen molar-refractivity contribution in [3.8, 4) is 0 Å². The van der Waals surface area contributed by atoms with Gasteiger partial charge in [-0.1, -0.05) is 13.0 Å². The second kappa shape index (κ2) is 9.65. The molecule has 0 saturated carbocycles. The summed E-state index contributed by atoms with van der Waals surface area (Å²) < 4.78 is 13.2. The van der Waals surface area contributed by atoms with Crippen molar-refractivity contribution in [2.75, 3.05) is 23.3 Å². The monoisotopic (exact) mass is 450 g/mol. The van der Waals surface area contributed by atoms with E-state index in [1.54, 1.807) is 12.1 Å². The molecule has 1 N–H and O–H groups in total. The summed E-state index contributed by atoms with van der Waals surface area (Å²) in [5.41, 5.74) is 4.42. The van der Waals surface area contributed by atoms with Crippen LogP contribution in [0.25, 0.3) is 0 Å². The second-order valence-corrected chi connectivity index (χ2v) is 9.09. The van der Waals surface area contributed by atoms with Crippen LogP contribution in [0.2, 0.25) is 0 Å². The summed E-state index contributed by atoms with van der Waals surface area (Å²) in [6.07, 6.45) is 2.23. The number of amides is 1. The van der Waals surface area contributed by atoms with Gasteiger partial charge in [0.1, 0.15) is 5.82 Å². The molecule has 32 heavy (non-hydrogen) atoms. The van der Waals surface area contributed by atoms with Crippen LogP contribution in [-0.4, -0.2) is 24.8 Å². The van der Waals surface area contributed by atoms with Crippen molar-refractivity contribution in [1.82, 2.24) is 0 Å². The molecule has 0 unspecified atom stereocenters. The molecule has 0 atom stereocenters. The SMILES string of the molecule is CCc1c(C(=O)Nc2sccc2C)cccc1N1CCC(C(=O)c2ccc(F)cc2)CC1. The Bertz CT molecular complexity index is 1120. The zero-order chi connectivity index (χ0) is 22.7. The van der Waals surface area contributed by atoms with Crippen LogP contribution in [0, 0.1) is 18.7 Å². The number of rotatable bonds is 6. The van der Waals surface area contributed by atoms with Gasteiger partial charge in [0.05, 0.1) is 5.00 Å². The highest BCUT2D eigenvalue weighted by atomic mass is 32.1. The molecule has 166 valence electrons. The van der Waals surface area contributed by atoms with Crippen LogP contribution >= 0.6 is 11.3 Å². The Morgan fingerprint density at radius 1 is 1.09 bits per heavy atom. The van der Waals surface area contributed by atoms with Gasteiger partial charge in [-0.15, -0.1) is 11.3 Å². The summed E-state index contributed by atoms with van der Waals surface area (Å²) in [6.45, 7) is 5.55. The van der Waals surface area contributed by atoms with E-state index in [1.165, 1.54) is 23.5 Å². The quantitative estimate of drug-likeness (QED) is 0.461. The molecule has 6 heteroatoms. The third-order valence-electron chi connectivity index (χ3n) is 6.17. The van der Waals surface area contributed by atoms with E-state index < -0.39 is 0 Å². The van der Waals surface area contributed by atoms with Gasteiger partial charge in [0.2, 0.25) is 0 Å². The molecule has 0 aliphatic carbocycles. The predicted octanol–water partition coefficient (Wildman–Crippen LogP) is 6.11. The number of nitrogens with zero attached hydrogens (tertiary/aromatic N) is 1. The topological polar surface area (TPSA) is 49.4 Å². The average Bonchev–Trinajstić information content (AvgIpc) is 3.22. The highest BCUT2D eigenvalue weighted by Gasteiger charge is 2.27. The Balaban J connectivity index is 1.48. The molecule has 1 aromatic heterocycles. The van der Waals surface area contributed by atoms with Gasteiger partial charge >= 0.3 is 0 Å². The molecular weight excluding hydrogens is 423 g/mol. The Hall–Kier alpha value is -2.99. The minimum Gasteiger partial charge on any atom is -0.371 e. The van der Waals surface area contributed by atoms with E-state index in [0.29, 0.717) is 11.1 Å². The van der Waals surface area contributed by atoms with Crippen molar-refractivity contribution in [3.63, 3.8) is 0 Å². The first-order chi connectivity index (χ1) is 15.5. The first-order valence-corrected chi connectivity index (χ1v) is 11.9. The predicted molar refractivity (Wildman–Crippen MR) is 128 cm³/mol. The fourth-order valence-electron chi connectivity index (χ4n) is 4.36. The molecule has 1 saturated heterocycles. The van der Waals surface area contributed by atoms with Crippen LogP contribution in [0.1, 0.15) is 51.6 Å². The van der Waals surface area contributed by atoms with E-state index in [2.05, 4.69) is 23.2 Å². The summed E-state index contributed by atoms with van der Waals surface area (Å²) in [5, 5.41) is 5.89. The zero-order valence-corrected chi connectivity index (χ0v) is 19.2. The van der Waals surface area contributed by atoms with E-state index in [9.17, 15) is 14.0 Å². The molecule has 0 bridgehead atoms. The van der Waals surface area contributed by atoms with Crippen molar-refractivity contribution in [2.24, 2.45) is 5.92 Å². The molecule has 1 fully saturated rings. The van der Waals surface area contributed by atoms with Crippen molar-refractivity contribution >= 4 is 33.7 Å². The van der Waals surface area contributed by atoms with Crippen molar-refractivity contribution in [1.29, 1.82) is 0 Å². The van der Waals surface area contributed by atoms with Gasteiger partial charge in [-0.3, -0.25) is 9.59 Å². The highest BCUT2D eigenvalue weighted by molar-refractivity contribution is 7.14. The van der Waals surface area contributed by atoms with E-state index in [0.717, 1.165) is 54.2 Å². The summed E-state index contributed by atoms with van der Waals surface area (Å²) in [4.78, 5) is 28.1. The number of Topliss-reactive ketones (excluding diaryl/α,β-unsaturated/α-hetero) is 1. The second-order valence-electron chi connectivity index (χ2n) is 8.18. The highest BCUT2D eigenvalue weighted by Crippen LogP contribution is 2.31. The maximum Gasteiger partial charge on any atom is 0.256 e. The molecule has 0 spiro atoms. The number of ketones is 1. The maximum atomic E-state index is 13.2. The maximum absolute atomic E-state index is 13.2. The van der Waals surface area contributed by atoms with Gasteiger partial charge in [-0.2, -0.15) is 0 Å². The van der Waals surface area contributed by atoms with Crippen LogP contribution in [0.4, 0.5) is 15.1 Å². The van der Waals surface area contributed by atoms with Gasteiger partial charge in [-0.05, 0) is 85.2 Å². The molecule has 1 aliphatic rings. The van der Waals surface area contributed by atoms with Crippen LogP contribution in [-0.2, 0) is 6.42 Å². The van der Waals surface area contributed by atoms with Gasteiger partial charge in [0, 0.05) is 35.8 Å². The summed E-state index contributed by atoms with van der Waals surface area (Å²) >= 11 is 1.52. The number of piperidine rings is 1. The molecule has 4 nitrogen and oxygen atoms in total. The van der Waals surface area contributed by atoms with Crippen molar-refractivity contribution < 1.29 is 14.0 Å². The van der Waals surface area contributed by atoms with Crippen LogP contribution in [0.3, 0.4) is 0 Å². The van der Waals surface area contributed by atoms with E-state index in [1.807, 2.05) is 30.5 Å². The molecule has 4 rings (SSSR count). The summed E-state index contributed by atoms with van der Waals surface area (Å²) in [6, 6.07) is 13.7. The smallest absolute Gasteiger partial charge is 0.256 e.